The number of hydrogen-bond acceptors (Lipinski definition) is 1. The summed E-state index contributed by atoms with van der Waals surface area (Å²) < 4.78 is 0. The van der Waals surface area contributed by atoms with Crippen molar-refractivity contribution < 1.29 is 0 Å². The predicted molar refractivity (Wildman–Crippen MR) is 90.7 cm³/mol. The van der Waals surface area contributed by atoms with Crippen molar-refractivity contribution in [3.63, 3.8) is 0 Å². The summed E-state index contributed by atoms with van der Waals surface area (Å²) in [6.07, 6.45) is 12.4. The number of benzene rings is 1. The molecule has 1 fully saturated rings. The molecule has 0 bridgehead atoms. The Kier molecular flexibility index (Phi) is 4.69. The van der Waals surface area contributed by atoms with Gasteiger partial charge in [0, 0.05) is 12.6 Å². The maximum absolute atomic E-state index is 3.82. The normalized spacial score (nSPS) is 22.6. The molecule has 116 valence electrons. The first-order chi connectivity index (χ1) is 10.2. The Morgan fingerprint density at radius 1 is 1.00 bits per heavy atom. The lowest BCUT2D eigenvalue weighted by Crippen LogP contribution is -2.35. The molecular formula is C20H31N. The van der Waals surface area contributed by atoms with Gasteiger partial charge in [0.2, 0.25) is 0 Å². The number of hydrogen-bond donors (Lipinski definition) is 1. The zero-order valence-electron chi connectivity index (χ0n) is 13.9. The number of aryl methyl sites for hydroxylation is 2. The van der Waals surface area contributed by atoms with Gasteiger partial charge in [0.15, 0.2) is 0 Å². The lowest BCUT2D eigenvalue weighted by molar-refractivity contribution is 0.202. The second kappa shape index (κ2) is 6.52. The molecule has 3 rings (SSSR count). The molecule has 0 amide bonds. The lowest BCUT2D eigenvalue weighted by atomic mass is 9.75. The lowest BCUT2D eigenvalue weighted by Gasteiger charge is -2.35. The van der Waals surface area contributed by atoms with Gasteiger partial charge in [-0.05, 0) is 67.6 Å². The Hall–Kier alpha value is -0.820. The van der Waals surface area contributed by atoms with E-state index >= 15 is 0 Å². The van der Waals surface area contributed by atoms with Crippen LogP contribution in [0, 0.1) is 5.41 Å². The summed E-state index contributed by atoms with van der Waals surface area (Å²) in [5.74, 6) is 0. The molecule has 0 saturated heterocycles. The van der Waals surface area contributed by atoms with E-state index in [-0.39, 0.29) is 0 Å². The minimum atomic E-state index is 0.482. The number of rotatable bonds is 4. The zero-order chi connectivity index (χ0) is 14.7. The van der Waals surface area contributed by atoms with Crippen LogP contribution in [-0.2, 0) is 12.8 Å². The van der Waals surface area contributed by atoms with Gasteiger partial charge in [-0.3, -0.25) is 0 Å². The Balaban J connectivity index is 1.61. The minimum absolute atomic E-state index is 0.482. The fraction of sp³-hybridized carbons (Fsp3) is 0.700. The van der Waals surface area contributed by atoms with Crippen LogP contribution in [0.15, 0.2) is 18.2 Å². The van der Waals surface area contributed by atoms with Crippen LogP contribution < -0.4 is 5.32 Å². The SMILES string of the molecule is CC(NCC1(C)CCCCC1)c1ccc2c(c1)CCCC2. The molecule has 1 heteroatoms. The van der Waals surface area contributed by atoms with Gasteiger partial charge in [-0.1, -0.05) is 44.4 Å². The van der Waals surface area contributed by atoms with Gasteiger partial charge in [-0.25, -0.2) is 0 Å². The van der Waals surface area contributed by atoms with Gasteiger partial charge in [0.1, 0.15) is 0 Å². The van der Waals surface area contributed by atoms with Crippen LogP contribution in [0.2, 0.25) is 0 Å². The third-order valence-corrected chi connectivity index (χ3v) is 5.77. The van der Waals surface area contributed by atoms with Crippen LogP contribution in [0.1, 0.15) is 81.5 Å². The molecule has 2 aliphatic rings. The van der Waals surface area contributed by atoms with Gasteiger partial charge in [0.05, 0.1) is 0 Å². The molecule has 1 nitrogen and oxygen atoms in total. The Bertz CT molecular complexity index is 471. The summed E-state index contributed by atoms with van der Waals surface area (Å²) in [6, 6.07) is 7.68. The summed E-state index contributed by atoms with van der Waals surface area (Å²) in [7, 11) is 0. The molecule has 0 heterocycles. The predicted octanol–water partition coefficient (Wildman–Crippen LogP) is 5.19. The van der Waals surface area contributed by atoms with Crippen LogP contribution in [0.25, 0.3) is 0 Å². The summed E-state index contributed by atoms with van der Waals surface area (Å²) in [4.78, 5) is 0. The van der Waals surface area contributed by atoms with Crippen molar-refractivity contribution in [2.24, 2.45) is 5.41 Å². The third-order valence-electron chi connectivity index (χ3n) is 5.77. The Morgan fingerprint density at radius 3 is 2.48 bits per heavy atom. The fourth-order valence-electron chi connectivity index (χ4n) is 4.12. The third kappa shape index (κ3) is 3.69. The first-order valence-corrected chi connectivity index (χ1v) is 9.01. The molecule has 0 aliphatic heterocycles. The molecule has 2 aliphatic carbocycles. The molecule has 0 aromatic heterocycles. The van der Waals surface area contributed by atoms with E-state index in [4.69, 9.17) is 0 Å². The highest BCUT2D eigenvalue weighted by Crippen LogP contribution is 2.35. The largest absolute Gasteiger partial charge is 0.310 e. The molecule has 0 spiro atoms. The van der Waals surface area contributed by atoms with Gasteiger partial charge in [-0.15, -0.1) is 0 Å². The molecule has 1 unspecified atom stereocenters. The molecule has 0 radical (unpaired) electrons. The highest BCUT2D eigenvalue weighted by atomic mass is 14.9. The molecular weight excluding hydrogens is 254 g/mol. The first-order valence-electron chi connectivity index (χ1n) is 9.01. The molecule has 1 atom stereocenters. The van der Waals surface area contributed by atoms with E-state index in [9.17, 15) is 0 Å². The topological polar surface area (TPSA) is 12.0 Å². The Labute approximate surface area is 130 Å². The summed E-state index contributed by atoms with van der Waals surface area (Å²) in [5.41, 5.74) is 5.21. The van der Waals surface area contributed by atoms with Crippen LogP contribution in [0.3, 0.4) is 0 Å². The number of nitrogens with one attached hydrogen (secondary N) is 1. The highest BCUT2D eigenvalue weighted by molar-refractivity contribution is 5.35. The van der Waals surface area contributed by atoms with E-state index in [0.717, 1.165) is 0 Å². The quantitative estimate of drug-likeness (QED) is 0.803. The van der Waals surface area contributed by atoms with Crippen LogP contribution in [0.5, 0.6) is 0 Å². The molecule has 1 aromatic carbocycles. The van der Waals surface area contributed by atoms with E-state index in [1.54, 1.807) is 11.1 Å². The number of fused-ring (bicyclic) bond motifs is 1. The minimum Gasteiger partial charge on any atom is -0.310 e. The van der Waals surface area contributed by atoms with Crippen molar-refractivity contribution in [3.8, 4) is 0 Å². The summed E-state index contributed by atoms with van der Waals surface area (Å²) >= 11 is 0. The van der Waals surface area contributed by atoms with Crippen LogP contribution in [0.4, 0.5) is 0 Å². The standard InChI is InChI=1S/C20H31N/c1-16(21-15-20(2)12-6-3-7-13-20)18-11-10-17-8-4-5-9-19(17)14-18/h10-11,14,16,21H,3-9,12-13,15H2,1-2H3. The summed E-state index contributed by atoms with van der Waals surface area (Å²) in [6.45, 7) is 5.97. The van der Waals surface area contributed by atoms with Gasteiger partial charge < -0.3 is 5.32 Å². The molecule has 1 aromatic rings. The van der Waals surface area contributed by atoms with Gasteiger partial charge >= 0.3 is 0 Å². The fourth-order valence-corrected chi connectivity index (χ4v) is 4.12. The van der Waals surface area contributed by atoms with Crippen molar-refractivity contribution in [3.05, 3.63) is 34.9 Å². The average Bonchev–Trinajstić information content (AvgIpc) is 2.53. The molecule has 21 heavy (non-hydrogen) atoms. The highest BCUT2D eigenvalue weighted by Gasteiger charge is 2.27. The van der Waals surface area contributed by atoms with Gasteiger partial charge in [-0.2, -0.15) is 0 Å². The van der Waals surface area contributed by atoms with Gasteiger partial charge in [0.25, 0.3) is 0 Å². The molecule has 1 saturated carbocycles. The average molecular weight is 285 g/mol. The first kappa shape index (κ1) is 15.1. The second-order valence-corrected chi connectivity index (χ2v) is 7.71. The molecule has 1 N–H and O–H groups in total. The van der Waals surface area contributed by atoms with E-state index in [1.165, 1.54) is 69.9 Å². The van der Waals surface area contributed by atoms with Crippen LogP contribution >= 0.6 is 0 Å². The van der Waals surface area contributed by atoms with E-state index in [1.807, 2.05) is 0 Å². The van der Waals surface area contributed by atoms with Crippen LogP contribution in [-0.4, -0.2) is 6.54 Å². The monoisotopic (exact) mass is 285 g/mol. The van der Waals surface area contributed by atoms with Crippen molar-refractivity contribution in [1.82, 2.24) is 5.32 Å². The Morgan fingerprint density at radius 2 is 1.71 bits per heavy atom. The van der Waals surface area contributed by atoms with E-state index in [2.05, 4.69) is 37.4 Å². The van der Waals surface area contributed by atoms with Crippen molar-refractivity contribution in [1.29, 1.82) is 0 Å². The maximum Gasteiger partial charge on any atom is 0.0292 e. The zero-order valence-corrected chi connectivity index (χ0v) is 13.9. The summed E-state index contributed by atoms with van der Waals surface area (Å²) in [5, 5.41) is 3.82. The van der Waals surface area contributed by atoms with Crippen molar-refractivity contribution >= 4 is 0 Å². The second-order valence-electron chi connectivity index (χ2n) is 7.71. The van der Waals surface area contributed by atoms with Crippen molar-refractivity contribution in [2.45, 2.75) is 77.7 Å². The van der Waals surface area contributed by atoms with E-state index < -0.39 is 0 Å². The van der Waals surface area contributed by atoms with E-state index in [0.29, 0.717) is 11.5 Å². The van der Waals surface area contributed by atoms with Crippen molar-refractivity contribution in [2.75, 3.05) is 6.54 Å². The maximum atomic E-state index is 3.82. The smallest absolute Gasteiger partial charge is 0.0292 e.